The summed E-state index contributed by atoms with van der Waals surface area (Å²) >= 11 is 0. The molecule has 1 heterocycles. The van der Waals surface area contributed by atoms with Crippen molar-refractivity contribution in [3.63, 3.8) is 0 Å². The molecule has 0 bridgehead atoms. The van der Waals surface area contributed by atoms with Crippen molar-refractivity contribution in [2.45, 2.75) is 48.5 Å². The summed E-state index contributed by atoms with van der Waals surface area (Å²) in [5.74, 6) is 0. The molecule has 2 aromatic carbocycles. The molecule has 0 saturated carbocycles. The Bertz CT molecular complexity index is 703. The van der Waals surface area contributed by atoms with E-state index in [4.69, 9.17) is 0 Å². The van der Waals surface area contributed by atoms with Crippen LogP contribution in [-0.4, -0.2) is 0 Å². The van der Waals surface area contributed by atoms with Gasteiger partial charge in [-0.2, -0.15) is 0 Å². The van der Waals surface area contributed by atoms with Gasteiger partial charge in [0.1, 0.15) is 7.05 Å². The smallest absolute Gasteiger partial charge is 0.200 e. The second-order valence-corrected chi connectivity index (χ2v) is 5.13. The highest BCUT2D eigenvalue weighted by Crippen LogP contribution is 2.31. The number of hydrogen-bond acceptors (Lipinski definition) is 0. The van der Waals surface area contributed by atoms with E-state index in [1.807, 2.05) is 27.7 Å². The fourth-order valence-electron chi connectivity index (χ4n) is 2.92. The van der Waals surface area contributed by atoms with E-state index in [1.165, 1.54) is 38.4 Å². The van der Waals surface area contributed by atoms with Gasteiger partial charge in [-0.1, -0.05) is 45.9 Å². The molecule has 22 heavy (non-hydrogen) atoms. The summed E-state index contributed by atoms with van der Waals surface area (Å²) in [6.07, 6.45) is 2.13. The Morgan fingerprint density at radius 3 is 1.91 bits per heavy atom. The van der Waals surface area contributed by atoms with Gasteiger partial charge in [0, 0.05) is 6.07 Å². The molecular weight excluding hydrogens is 266 g/mol. The van der Waals surface area contributed by atoms with Crippen LogP contribution in [0.2, 0.25) is 0 Å². The first kappa shape index (κ1) is 18.2. The maximum Gasteiger partial charge on any atom is 0.220 e. The average molecular weight is 296 g/mol. The molecule has 0 atom stereocenters. The van der Waals surface area contributed by atoms with E-state index in [0.29, 0.717) is 0 Å². The number of nitrogens with zero attached hydrogens (tertiary/aromatic N) is 1. The van der Waals surface area contributed by atoms with Gasteiger partial charge >= 0.3 is 0 Å². The van der Waals surface area contributed by atoms with E-state index in [1.54, 1.807) is 0 Å². The van der Waals surface area contributed by atoms with Crippen LogP contribution in [0, 0.1) is 20.8 Å². The molecule has 1 heteroatoms. The molecule has 0 aliphatic rings. The molecule has 0 unspecified atom stereocenters. The predicted octanol–water partition coefficient (Wildman–Crippen LogP) is 5.80. The van der Waals surface area contributed by atoms with Crippen molar-refractivity contribution in [2.75, 3.05) is 0 Å². The molecule has 3 aromatic rings. The Kier molecular flexibility index (Phi) is 6.55. The van der Waals surface area contributed by atoms with E-state index < -0.39 is 0 Å². The lowest BCUT2D eigenvalue weighted by molar-refractivity contribution is -0.644. The van der Waals surface area contributed by atoms with Gasteiger partial charge in [0.25, 0.3) is 0 Å². The summed E-state index contributed by atoms with van der Waals surface area (Å²) in [6, 6.07) is 10.9. The number of aryl methyl sites for hydroxylation is 4. The van der Waals surface area contributed by atoms with Crippen molar-refractivity contribution in [3.05, 3.63) is 53.2 Å². The predicted molar refractivity (Wildman–Crippen MR) is 99.5 cm³/mol. The van der Waals surface area contributed by atoms with Gasteiger partial charge in [-0.05, 0) is 48.9 Å². The van der Waals surface area contributed by atoms with Crippen LogP contribution in [0.25, 0.3) is 21.7 Å². The van der Waals surface area contributed by atoms with Crippen LogP contribution in [0.5, 0.6) is 0 Å². The van der Waals surface area contributed by atoms with Gasteiger partial charge in [-0.3, -0.25) is 0 Å². The van der Waals surface area contributed by atoms with E-state index in [9.17, 15) is 0 Å². The minimum atomic E-state index is 1.34. The van der Waals surface area contributed by atoms with Crippen LogP contribution in [-0.2, 0) is 7.05 Å². The van der Waals surface area contributed by atoms with Gasteiger partial charge < -0.3 is 0 Å². The largest absolute Gasteiger partial charge is 0.220 e. The zero-order chi connectivity index (χ0) is 16.9. The third kappa shape index (κ3) is 2.99. The Hall–Kier alpha value is -1.89. The average Bonchev–Trinajstić information content (AvgIpc) is 2.56. The van der Waals surface area contributed by atoms with Crippen LogP contribution in [0.1, 0.15) is 44.4 Å². The molecule has 0 radical (unpaired) electrons. The van der Waals surface area contributed by atoms with Crippen molar-refractivity contribution in [3.8, 4) is 0 Å². The number of benzene rings is 2. The minimum absolute atomic E-state index is 1.34. The Morgan fingerprint density at radius 2 is 1.27 bits per heavy atom. The first-order valence-electron chi connectivity index (χ1n) is 8.38. The third-order valence-electron chi connectivity index (χ3n) is 4.06. The Morgan fingerprint density at radius 1 is 0.727 bits per heavy atom. The summed E-state index contributed by atoms with van der Waals surface area (Å²) in [6.45, 7) is 14.6. The topological polar surface area (TPSA) is 3.88 Å². The van der Waals surface area contributed by atoms with Gasteiger partial charge in [0.2, 0.25) is 5.52 Å². The normalized spacial score (nSPS) is 9.82. The number of hydrogen-bond donors (Lipinski definition) is 0. The van der Waals surface area contributed by atoms with E-state index >= 15 is 0 Å². The summed E-state index contributed by atoms with van der Waals surface area (Å²) in [5, 5.41) is 4.12. The first-order chi connectivity index (χ1) is 10.6. The van der Waals surface area contributed by atoms with Crippen LogP contribution < -0.4 is 4.57 Å². The third-order valence-corrected chi connectivity index (χ3v) is 4.06. The molecule has 1 nitrogen and oxygen atoms in total. The molecular formula is C21H30N+. The fourth-order valence-corrected chi connectivity index (χ4v) is 2.92. The van der Waals surface area contributed by atoms with Crippen LogP contribution in [0.15, 0.2) is 36.5 Å². The lowest BCUT2D eigenvalue weighted by Crippen LogP contribution is -2.28. The van der Waals surface area contributed by atoms with Crippen molar-refractivity contribution in [1.29, 1.82) is 0 Å². The molecule has 3 rings (SSSR count). The molecule has 0 aliphatic carbocycles. The zero-order valence-electron chi connectivity index (χ0n) is 15.4. The van der Waals surface area contributed by atoms with Gasteiger partial charge in [0.05, 0.1) is 10.8 Å². The lowest BCUT2D eigenvalue weighted by atomic mass is 9.93. The molecule has 0 fully saturated rings. The minimum Gasteiger partial charge on any atom is -0.200 e. The molecule has 0 amide bonds. The summed E-state index contributed by atoms with van der Waals surface area (Å²) in [5.41, 5.74) is 5.47. The zero-order valence-corrected chi connectivity index (χ0v) is 15.4. The maximum absolute atomic E-state index is 2.23. The van der Waals surface area contributed by atoms with Gasteiger partial charge in [0.15, 0.2) is 6.20 Å². The van der Waals surface area contributed by atoms with Crippen LogP contribution in [0.3, 0.4) is 0 Å². The monoisotopic (exact) mass is 296 g/mol. The van der Waals surface area contributed by atoms with E-state index in [2.05, 4.69) is 68.9 Å². The molecule has 0 spiro atoms. The van der Waals surface area contributed by atoms with Gasteiger partial charge in [-0.25, -0.2) is 4.57 Å². The molecule has 118 valence electrons. The van der Waals surface area contributed by atoms with Crippen molar-refractivity contribution >= 4 is 21.7 Å². The van der Waals surface area contributed by atoms with E-state index in [-0.39, 0.29) is 0 Å². The van der Waals surface area contributed by atoms with Crippen LogP contribution >= 0.6 is 0 Å². The second kappa shape index (κ2) is 7.93. The molecule has 0 aliphatic heterocycles. The molecule has 0 saturated heterocycles. The van der Waals surface area contributed by atoms with E-state index in [0.717, 1.165) is 0 Å². The second-order valence-electron chi connectivity index (χ2n) is 5.13. The van der Waals surface area contributed by atoms with Gasteiger partial charge in [-0.15, -0.1) is 0 Å². The highest BCUT2D eigenvalue weighted by Gasteiger charge is 2.16. The Balaban J connectivity index is 0.000000561. The van der Waals surface area contributed by atoms with Crippen molar-refractivity contribution < 1.29 is 4.57 Å². The number of pyridine rings is 1. The summed E-state index contributed by atoms with van der Waals surface area (Å²) in [7, 11) is 2.13. The standard InChI is InChI=1S/C17H18N.2C2H6/c1-11-7-5-8-14-12(2)13(3)15-9-6-10-18(4)17(15)16(11)14;2*1-2/h5-10H,1-4H3;2*1-2H3/q+1;;. The fraction of sp³-hybridized carbons (Fsp3) is 0.381. The van der Waals surface area contributed by atoms with Crippen molar-refractivity contribution in [1.82, 2.24) is 0 Å². The highest BCUT2D eigenvalue weighted by molar-refractivity contribution is 6.08. The maximum atomic E-state index is 2.23. The van der Waals surface area contributed by atoms with Crippen LogP contribution in [0.4, 0.5) is 0 Å². The Labute approximate surface area is 135 Å². The summed E-state index contributed by atoms with van der Waals surface area (Å²) in [4.78, 5) is 0. The SMILES string of the molecule is CC.CC.Cc1c(C)c2ccc[n+](C)c2c2c(C)cccc12. The van der Waals surface area contributed by atoms with Crippen molar-refractivity contribution in [2.24, 2.45) is 7.05 Å². The molecule has 1 aromatic heterocycles. The quantitative estimate of drug-likeness (QED) is 0.365. The number of fused-ring (bicyclic) bond motifs is 3. The number of rotatable bonds is 0. The highest BCUT2D eigenvalue weighted by atomic mass is 14.9. The summed E-state index contributed by atoms with van der Waals surface area (Å²) < 4.78 is 2.23. The first-order valence-corrected chi connectivity index (χ1v) is 8.38. The molecule has 0 N–H and O–H groups in total. The number of aromatic nitrogens is 1. The lowest BCUT2D eigenvalue weighted by Gasteiger charge is -2.11.